The highest BCUT2D eigenvalue weighted by Gasteiger charge is 2.25. The van der Waals surface area contributed by atoms with Gasteiger partial charge in [-0.05, 0) is 6.92 Å². The standard InChI is InChI=1S/C6H9NO2S/c1-4(8)3-10-6-2-5(9)7-6/h6H,2-3H2,1H3,(H,7,9). The second kappa shape index (κ2) is 3.05. The summed E-state index contributed by atoms with van der Waals surface area (Å²) in [6.07, 6.45) is 0.567. The first-order valence-electron chi connectivity index (χ1n) is 3.09. The number of ketones is 1. The molecule has 0 bridgehead atoms. The molecular weight excluding hydrogens is 150 g/mol. The van der Waals surface area contributed by atoms with Crippen molar-refractivity contribution in [2.24, 2.45) is 0 Å². The zero-order chi connectivity index (χ0) is 7.56. The first-order chi connectivity index (χ1) is 4.68. The highest BCUT2D eigenvalue weighted by molar-refractivity contribution is 8.00. The minimum atomic E-state index is 0.0843. The summed E-state index contributed by atoms with van der Waals surface area (Å²) < 4.78 is 0. The van der Waals surface area contributed by atoms with E-state index in [1.807, 2.05) is 0 Å². The van der Waals surface area contributed by atoms with E-state index >= 15 is 0 Å². The molecule has 0 aromatic carbocycles. The molecule has 1 fully saturated rings. The van der Waals surface area contributed by atoms with Crippen LogP contribution < -0.4 is 5.32 Å². The Morgan fingerprint density at radius 1 is 1.90 bits per heavy atom. The monoisotopic (exact) mass is 159 g/mol. The number of thioether (sulfide) groups is 1. The molecule has 1 rings (SSSR count). The van der Waals surface area contributed by atoms with E-state index in [4.69, 9.17) is 0 Å². The molecule has 1 aliphatic heterocycles. The number of β-lactam (4-membered cyclic amide) rings is 1. The van der Waals surface area contributed by atoms with Gasteiger partial charge in [0.1, 0.15) is 5.78 Å². The van der Waals surface area contributed by atoms with E-state index in [-0.39, 0.29) is 17.1 Å². The van der Waals surface area contributed by atoms with Crippen LogP contribution in [0.25, 0.3) is 0 Å². The summed E-state index contributed by atoms with van der Waals surface area (Å²) in [5.74, 6) is 0.748. The zero-order valence-corrected chi connectivity index (χ0v) is 6.53. The Morgan fingerprint density at radius 2 is 2.50 bits per heavy atom. The van der Waals surface area contributed by atoms with Gasteiger partial charge in [-0.2, -0.15) is 0 Å². The fourth-order valence-corrected chi connectivity index (χ4v) is 1.57. The first-order valence-corrected chi connectivity index (χ1v) is 4.14. The van der Waals surface area contributed by atoms with E-state index in [1.165, 1.54) is 11.8 Å². The van der Waals surface area contributed by atoms with E-state index < -0.39 is 0 Å². The Bertz CT molecular complexity index is 161. The number of nitrogens with one attached hydrogen (secondary N) is 1. The van der Waals surface area contributed by atoms with Crippen molar-refractivity contribution >= 4 is 23.5 Å². The van der Waals surface area contributed by atoms with Crippen LogP contribution in [0, 0.1) is 0 Å². The summed E-state index contributed by atoms with van der Waals surface area (Å²) in [5, 5.41) is 2.86. The van der Waals surface area contributed by atoms with Gasteiger partial charge in [0.2, 0.25) is 5.91 Å². The molecule has 0 spiro atoms. The number of Topliss-reactive ketones (excluding diaryl/α,β-unsaturated/α-hetero) is 1. The lowest BCUT2D eigenvalue weighted by atomic mass is 10.3. The van der Waals surface area contributed by atoms with Crippen LogP contribution in [-0.2, 0) is 9.59 Å². The van der Waals surface area contributed by atoms with Crippen molar-refractivity contribution < 1.29 is 9.59 Å². The van der Waals surface area contributed by atoms with E-state index in [9.17, 15) is 9.59 Å². The summed E-state index contributed by atoms with van der Waals surface area (Å²) in [7, 11) is 0. The molecule has 56 valence electrons. The minimum Gasteiger partial charge on any atom is -0.344 e. The van der Waals surface area contributed by atoms with Gasteiger partial charge in [0.15, 0.2) is 0 Å². The molecule has 1 amide bonds. The highest BCUT2D eigenvalue weighted by atomic mass is 32.2. The lowest BCUT2D eigenvalue weighted by molar-refractivity contribution is -0.126. The lowest BCUT2D eigenvalue weighted by Crippen LogP contribution is -2.46. The van der Waals surface area contributed by atoms with E-state index in [0.29, 0.717) is 12.2 Å². The molecule has 3 nitrogen and oxygen atoms in total. The second-order valence-corrected chi connectivity index (χ2v) is 3.46. The first kappa shape index (κ1) is 7.60. The number of carbonyl (C=O) groups excluding carboxylic acids is 2. The van der Waals surface area contributed by atoms with Crippen LogP contribution in [0.15, 0.2) is 0 Å². The van der Waals surface area contributed by atoms with Crippen molar-refractivity contribution in [3.8, 4) is 0 Å². The van der Waals surface area contributed by atoms with Crippen LogP contribution in [0.5, 0.6) is 0 Å². The molecule has 0 saturated carbocycles. The third-order valence-electron chi connectivity index (χ3n) is 1.18. The van der Waals surface area contributed by atoms with Crippen molar-refractivity contribution in [1.82, 2.24) is 5.32 Å². The van der Waals surface area contributed by atoms with Gasteiger partial charge in [0.05, 0.1) is 17.5 Å². The SMILES string of the molecule is CC(=O)CSC1CC(=O)N1. The molecule has 10 heavy (non-hydrogen) atoms. The maximum absolute atomic E-state index is 10.4. The van der Waals surface area contributed by atoms with Gasteiger partial charge in [-0.15, -0.1) is 11.8 Å². The molecule has 1 saturated heterocycles. The summed E-state index contributed by atoms with van der Waals surface area (Å²) in [5.41, 5.74) is 0. The third-order valence-corrected chi connectivity index (χ3v) is 2.44. The molecule has 0 aliphatic carbocycles. The molecule has 0 radical (unpaired) electrons. The predicted molar refractivity (Wildman–Crippen MR) is 39.7 cm³/mol. The molecule has 0 aromatic heterocycles. The number of hydrogen-bond acceptors (Lipinski definition) is 3. The van der Waals surface area contributed by atoms with Gasteiger partial charge in [-0.1, -0.05) is 0 Å². The topological polar surface area (TPSA) is 46.2 Å². The summed E-state index contributed by atoms with van der Waals surface area (Å²) in [4.78, 5) is 20.8. The third kappa shape index (κ3) is 2.02. The zero-order valence-electron chi connectivity index (χ0n) is 5.72. The number of amides is 1. The van der Waals surface area contributed by atoms with Crippen molar-refractivity contribution in [2.75, 3.05) is 5.75 Å². The Hall–Kier alpha value is -0.510. The van der Waals surface area contributed by atoms with Crippen LogP contribution in [-0.4, -0.2) is 22.8 Å². The quantitative estimate of drug-likeness (QED) is 0.596. The normalized spacial score (nSPS) is 23.3. The van der Waals surface area contributed by atoms with Crippen LogP contribution in [0.4, 0.5) is 0 Å². The van der Waals surface area contributed by atoms with Gasteiger partial charge in [-0.25, -0.2) is 0 Å². The molecule has 4 heteroatoms. The van der Waals surface area contributed by atoms with Crippen molar-refractivity contribution in [1.29, 1.82) is 0 Å². The fraction of sp³-hybridized carbons (Fsp3) is 0.667. The van der Waals surface area contributed by atoms with E-state index in [2.05, 4.69) is 5.32 Å². The van der Waals surface area contributed by atoms with Crippen molar-refractivity contribution in [3.63, 3.8) is 0 Å². The van der Waals surface area contributed by atoms with Gasteiger partial charge in [0, 0.05) is 0 Å². The van der Waals surface area contributed by atoms with E-state index in [1.54, 1.807) is 6.92 Å². The molecular formula is C6H9NO2S. The predicted octanol–water partition coefficient (Wildman–Crippen LogP) is 0.155. The summed E-state index contributed by atoms with van der Waals surface area (Å²) in [6.45, 7) is 1.55. The largest absolute Gasteiger partial charge is 0.344 e. The molecule has 1 unspecified atom stereocenters. The Balaban J connectivity index is 2.05. The number of hydrogen-bond donors (Lipinski definition) is 1. The maximum atomic E-state index is 10.4. The van der Waals surface area contributed by atoms with Crippen LogP contribution in [0.3, 0.4) is 0 Å². The number of carbonyl (C=O) groups is 2. The van der Waals surface area contributed by atoms with Gasteiger partial charge in [-0.3, -0.25) is 9.59 Å². The molecule has 1 N–H and O–H groups in total. The smallest absolute Gasteiger partial charge is 0.223 e. The summed E-state index contributed by atoms with van der Waals surface area (Å²) >= 11 is 1.49. The maximum Gasteiger partial charge on any atom is 0.223 e. The average Bonchev–Trinajstić information content (AvgIpc) is 1.77. The molecule has 0 aromatic rings. The minimum absolute atomic E-state index is 0.0843. The van der Waals surface area contributed by atoms with Gasteiger partial charge >= 0.3 is 0 Å². The Kier molecular flexibility index (Phi) is 2.32. The fourth-order valence-electron chi connectivity index (χ4n) is 0.645. The second-order valence-electron chi connectivity index (χ2n) is 2.27. The highest BCUT2D eigenvalue weighted by Crippen LogP contribution is 2.18. The van der Waals surface area contributed by atoms with Gasteiger partial charge < -0.3 is 5.32 Å². The molecule has 1 atom stereocenters. The average molecular weight is 159 g/mol. The van der Waals surface area contributed by atoms with Crippen LogP contribution in [0.1, 0.15) is 13.3 Å². The van der Waals surface area contributed by atoms with Crippen molar-refractivity contribution in [2.45, 2.75) is 18.7 Å². The lowest BCUT2D eigenvalue weighted by Gasteiger charge is -2.25. The number of rotatable bonds is 3. The molecule has 1 heterocycles. The van der Waals surface area contributed by atoms with E-state index in [0.717, 1.165) is 0 Å². The van der Waals surface area contributed by atoms with Crippen LogP contribution >= 0.6 is 11.8 Å². The Morgan fingerprint density at radius 3 is 2.90 bits per heavy atom. The van der Waals surface area contributed by atoms with Gasteiger partial charge in [0.25, 0.3) is 0 Å². The van der Waals surface area contributed by atoms with Crippen molar-refractivity contribution in [3.05, 3.63) is 0 Å². The van der Waals surface area contributed by atoms with Crippen LogP contribution in [0.2, 0.25) is 0 Å². The summed E-state index contributed by atoms with van der Waals surface area (Å²) in [6, 6.07) is 0. The Labute approximate surface area is 63.6 Å². The molecule has 1 aliphatic rings.